The minimum Gasteiger partial charge on any atom is -0.494 e. The van der Waals surface area contributed by atoms with Crippen molar-refractivity contribution in [2.24, 2.45) is 0 Å². The third-order valence-corrected chi connectivity index (χ3v) is 3.97. The Hall–Kier alpha value is -3.44. The number of hydrogen-bond acceptors (Lipinski definition) is 7. The molecule has 9 nitrogen and oxygen atoms in total. The Balaban J connectivity index is 2.09. The van der Waals surface area contributed by atoms with Gasteiger partial charge >= 0.3 is 6.55 Å². The third-order valence-electron chi connectivity index (χ3n) is 3.97. The smallest absolute Gasteiger partial charge is 0.333 e. The quantitative estimate of drug-likeness (QED) is 0.375. The van der Waals surface area contributed by atoms with Gasteiger partial charge in [-0.05, 0) is 12.1 Å². The Labute approximate surface area is 156 Å². The molecule has 28 heavy (non-hydrogen) atoms. The lowest BCUT2D eigenvalue weighted by Crippen LogP contribution is -2.27. The summed E-state index contributed by atoms with van der Waals surface area (Å²) in [5, 5.41) is 35.3. The molecule has 2 heterocycles. The van der Waals surface area contributed by atoms with Crippen LogP contribution in [0.2, 0.25) is 0 Å². The van der Waals surface area contributed by atoms with E-state index in [0.717, 1.165) is 12.4 Å². The molecular weight excluding hydrogens is 378 g/mol. The topological polar surface area (TPSA) is 124 Å². The van der Waals surface area contributed by atoms with E-state index in [9.17, 15) is 29.1 Å². The van der Waals surface area contributed by atoms with Crippen LogP contribution in [0.5, 0.6) is 5.75 Å². The summed E-state index contributed by atoms with van der Waals surface area (Å²) in [5.41, 5.74) is -0.410. The maximum absolute atomic E-state index is 12.7. The normalized spacial score (nSPS) is 11.6. The van der Waals surface area contributed by atoms with Crippen molar-refractivity contribution >= 4 is 5.69 Å². The summed E-state index contributed by atoms with van der Waals surface area (Å²) in [5.74, 6) is -2.50. The molecule has 0 aliphatic carbocycles. The second-order valence-electron chi connectivity index (χ2n) is 5.71. The fourth-order valence-corrected chi connectivity index (χ4v) is 2.55. The van der Waals surface area contributed by atoms with Crippen LogP contribution in [0.4, 0.5) is 14.5 Å². The molecule has 0 bridgehead atoms. The van der Waals surface area contributed by atoms with Gasteiger partial charge in [0, 0.05) is 23.9 Å². The van der Waals surface area contributed by atoms with Crippen molar-refractivity contribution in [3.8, 4) is 17.0 Å². The number of methoxy groups -OCH3 is 1. The van der Waals surface area contributed by atoms with Gasteiger partial charge in [0.25, 0.3) is 5.69 Å². The number of nitro benzene ring substituents is 1. The van der Waals surface area contributed by atoms with Gasteiger partial charge in [-0.15, -0.1) is 0 Å². The van der Waals surface area contributed by atoms with Gasteiger partial charge in [0.05, 0.1) is 23.8 Å². The van der Waals surface area contributed by atoms with Gasteiger partial charge < -0.3 is 14.9 Å². The highest BCUT2D eigenvalue weighted by Crippen LogP contribution is 2.34. The predicted octanol–water partition coefficient (Wildman–Crippen LogP) is 2.44. The van der Waals surface area contributed by atoms with Crippen LogP contribution in [0.3, 0.4) is 0 Å². The van der Waals surface area contributed by atoms with Gasteiger partial charge in [0.1, 0.15) is 17.1 Å². The Kier molecular flexibility index (Phi) is 5.03. The molecule has 0 aliphatic rings. The van der Waals surface area contributed by atoms with Crippen molar-refractivity contribution in [1.29, 1.82) is 0 Å². The first-order valence-corrected chi connectivity index (χ1v) is 7.82. The van der Waals surface area contributed by atoms with Crippen LogP contribution in [0, 0.1) is 10.1 Å². The molecule has 2 N–H and O–H groups in total. The Morgan fingerprint density at radius 1 is 1.29 bits per heavy atom. The highest BCUT2D eigenvalue weighted by atomic mass is 19.3. The summed E-state index contributed by atoms with van der Waals surface area (Å²) in [6.45, 7) is -2.95. The zero-order valence-corrected chi connectivity index (χ0v) is 14.4. The first-order valence-electron chi connectivity index (χ1n) is 7.82. The first kappa shape index (κ1) is 19.3. The lowest BCUT2D eigenvalue weighted by Gasteiger charge is -2.21. The number of nitrogens with zero attached hydrogens (tertiary/aromatic N) is 4. The summed E-state index contributed by atoms with van der Waals surface area (Å²) in [6.07, 6.45) is 1.66. The first-order chi connectivity index (χ1) is 13.2. The van der Waals surface area contributed by atoms with Gasteiger partial charge in [0.15, 0.2) is 0 Å². The molecule has 11 heteroatoms. The number of aliphatic hydroxyl groups is 2. The van der Waals surface area contributed by atoms with E-state index in [1.165, 1.54) is 43.5 Å². The lowest BCUT2D eigenvalue weighted by atomic mass is 10.0. The maximum atomic E-state index is 12.7. The minimum atomic E-state index is -2.95. The summed E-state index contributed by atoms with van der Waals surface area (Å²) < 4.78 is 30.9. The number of non-ortho nitro benzene ring substituents is 1. The molecule has 0 spiro atoms. The number of hydrogen-bond donors (Lipinski definition) is 2. The molecule has 0 radical (unpaired) electrons. The fraction of sp³-hybridized carbons (Fsp3) is 0.176. The van der Waals surface area contributed by atoms with Crippen LogP contribution in [0.15, 0.2) is 48.8 Å². The van der Waals surface area contributed by atoms with Gasteiger partial charge in [0.2, 0.25) is 5.79 Å². The number of nitro groups is 1. The molecule has 3 rings (SSSR count). The monoisotopic (exact) mass is 392 g/mol. The molecule has 3 aromatic rings. The summed E-state index contributed by atoms with van der Waals surface area (Å²) in [6, 6.07) is 8.14. The molecule has 0 fully saturated rings. The molecule has 0 amide bonds. The van der Waals surface area contributed by atoms with E-state index in [1.54, 1.807) is 0 Å². The van der Waals surface area contributed by atoms with E-state index in [4.69, 9.17) is 4.74 Å². The predicted molar refractivity (Wildman–Crippen MR) is 91.6 cm³/mol. The van der Waals surface area contributed by atoms with Gasteiger partial charge in [-0.1, -0.05) is 12.1 Å². The van der Waals surface area contributed by atoms with Crippen LogP contribution in [0.25, 0.3) is 11.3 Å². The largest absolute Gasteiger partial charge is 0.494 e. The number of pyridine rings is 1. The molecule has 0 saturated carbocycles. The van der Waals surface area contributed by atoms with E-state index in [1.807, 2.05) is 0 Å². The average Bonchev–Trinajstić information content (AvgIpc) is 3.19. The Bertz CT molecular complexity index is 1020. The van der Waals surface area contributed by atoms with Crippen LogP contribution < -0.4 is 4.74 Å². The highest BCUT2D eigenvalue weighted by Gasteiger charge is 2.33. The van der Waals surface area contributed by atoms with Crippen LogP contribution in [-0.4, -0.2) is 37.0 Å². The van der Waals surface area contributed by atoms with Crippen molar-refractivity contribution in [2.45, 2.75) is 12.3 Å². The van der Waals surface area contributed by atoms with E-state index in [0.29, 0.717) is 5.56 Å². The van der Waals surface area contributed by atoms with Crippen molar-refractivity contribution in [1.82, 2.24) is 14.8 Å². The average molecular weight is 392 g/mol. The molecule has 2 aromatic heterocycles. The van der Waals surface area contributed by atoms with Crippen molar-refractivity contribution < 1.29 is 28.7 Å². The van der Waals surface area contributed by atoms with E-state index >= 15 is 0 Å². The standard InChI is InChI=1S/C17H14F2N4O5/c1-28-13-5-6-14(17(24,25)11-8-20-22(9-11)16(18)19)21-15(13)10-3-2-4-12(7-10)23(26)27/h2-9,16,24-25H,1H3. The molecular formula is C17H14F2N4O5. The second-order valence-corrected chi connectivity index (χ2v) is 5.71. The lowest BCUT2D eigenvalue weighted by molar-refractivity contribution is -0.384. The van der Waals surface area contributed by atoms with Crippen LogP contribution >= 0.6 is 0 Å². The minimum absolute atomic E-state index is 0.109. The SMILES string of the molecule is COc1ccc(C(O)(O)c2cnn(C(F)F)c2)nc1-c1cccc([N+](=O)[O-])c1. The number of aromatic nitrogens is 3. The van der Waals surface area contributed by atoms with Crippen molar-refractivity contribution in [3.63, 3.8) is 0 Å². The Morgan fingerprint density at radius 3 is 2.64 bits per heavy atom. The Morgan fingerprint density at radius 2 is 2.04 bits per heavy atom. The molecule has 0 saturated heterocycles. The second kappa shape index (κ2) is 7.29. The van der Waals surface area contributed by atoms with E-state index in [-0.39, 0.29) is 33.1 Å². The van der Waals surface area contributed by atoms with Gasteiger partial charge in [-0.2, -0.15) is 13.9 Å². The van der Waals surface area contributed by atoms with Crippen LogP contribution in [-0.2, 0) is 5.79 Å². The highest BCUT2D eigenvalue weighted by molar-refractivity contribution is 5.69. The van der Waals surface area contributed by atoms with Gasteiger partial charge in [-0.3, -0.25) is 10.1 Å². The molecule has 0 aliphatic heterocycles. The molecule has 0 atom stereocenters. The third kappa shape index (κ3) is 3.52. The molecule has 146 valence electrons. The number of ether oxygens (including phenoxy) is 1. The number of rotatable bonds is 6. The zero-order valence-electron chi connectivity index (χ0n) is 14.4. The maximum Gasteiger partial charge on any atom is 0.333 e. The fourth-order valence-electron chi connectivity index (χ4n) is 2.55. The summed E-state index contributed by atoms with van der Waals surface area (Å²) >= 11 is 0. The van der Waals surface area contributed by atoms with Crippen molar-refractivity contribution in [2.75, 3.05) is 7.11 Å². The van der Waals surface area contributed by atoms with Gasteiger partial charge in [-0.25, -0.2) is 9.67 Å². The van der Waals surface area contributed by atoms with E-state index in [2.05, 4.69) is 10.1 Å². The summed E-state index contributed by atoms with van der Waals surface area (Å²) in [7, 11) is 1.36. The summed E-state index contributed by atoms with van der Waals surface area (Å²) in [4.78, 5) is 14.6. The van der Waals surface area contributed by atoms with Crippen LogP contribution in [0.1, 0.15) is 17.8 Å². The molecule has 0 unspecified atom stereocenters. The van der Waals surface area contributed by atoms with Crippen molar-refractivity contribution in [3.05, 3.63) is 70.2 Å². The van der Waals surface area contributed by atoms with E-state index < -0.39 is 17.3 Å². The zero-order chi connectivity index (χ0) is 20.5. The molecule has 1 aromatic carbocycles. The number of halogens is 2. The number of benzene rings is 1. The number of alkyl halides is 2.